The molecule has 0 spiro atoms. The van der Waals surface area contributed by atoms with E-state index in [2.05, 4.69) is 5.10 Å². The highest BCUT2D eigenvalue weighted by Crippen LogP contribution is 2.26. The van der Waals surface area contributed by atoms with Crippen molar-refractivity contribution in [3.63, 3.8) is 0 Å². The Labute approximate surface area is 151 Å². The molecule has 0 radical (unpaired) electrons. The van der Waals surface area contributed by atoms with E-state index >= 15 is 0 Å². The predicted octanol–water partition coefficient (Wildman–Crippen LogP) is 1.42. The van der Waals surface area contributed by atoms with Crippen LogP contribution in [0.25, 0.3) is 0 Å². The quantitative estimate of drug-likeness (QED) is 0.798. The zero-order valence-corrected chi connectivity index (χ0v) is 15.8. The highest BCUT2D eigenvalue weighted by Gasteiger charge is 2.30. The maximum atomic E-state index is 12.5. The zero-order chi connectivity index (χ0) is 18.2. The summed E-state index contributed by atoms with van der Waals surface area (Å²) in [6, 6.07) is 7.26. The van der Waals surface area contributed by atoms with E-state index < -0.39 is 10.0 Å². The van der Waals surface area contributed by atoms with Crippen molar-refractivity contribution in [3.8, 4) is 0 Å². The van der Waals surface area contributed by atoms with Crippen molar-refractivity contribution in [2.45, 2.75) is 25.3 Å². The third-order valence-electron chi connectivity index (χ3n) is 4.54. The van der Waals surface area contributed by atoms with Gasteiger partial charge in [0.25, 0.3) is 0 Å². The second-order valence-corrected chi connectivity index (χ2v) is 8.86. The first-order valence-corrected chi connectivity index (χ1v) is 10.3. The molecule has 1 aliphatic rings. The Kier molecular flexibility index (Phi) is 5.04. The van der Waals surface area contributed by atoms with Crippen LogP contribution in [-0.2, 0) is 23.6 Å². The second kappa shape index (κ2) is 6.93. The Morgan fingerprint density at radius 1 is 1.28 bits per heavy atom. The van der Waals surface area contributed by atoms with E-state index in [1.807, 2.05) is 12.1 Å². The minimum atomic E-state index is -3.24. The lowest BCUT2D eigenvalue weighted by molar-refractivity contribution is 0.307. The number of piperidine rings is 1. The molecule has 136 valence electrons. The van der Waals surface area contributed by atoms with E-state index in [4.69, 9.17) is 11.6 Å². The van der Waals surface area contributed by atoms with E-state index in [9.17, 15) is 13.2 Å². The summed E-state index contributed by atoms with van der Waals surface area (Å²) in [5.41, 5.74) is 0.721. The van der Waals surface area contributed by atoms with Crippen LogP contribution in [-0.4, -0.2) is 46.4 Å². The second-order valence-electron chi connectivity index (χ2n) is 6.44. The molecule has 1 aliphatic heterocycles. The van der Waals surface area contributed by atoms with Crippen LogP contribution in [0, 0.1) is 0 Å². The summed E-state index contributed by atoms with van der Waals surface area (Å²) in [5.74, 6) is 0.556. The van der Waals surface area contributed by atoms with E-state index in [1.165, 1.54) is 19.8 Å². The van der Waals surface area contributed by atoms with Gasteiger partial charge < -0.3 is 0 Å². The highest BCUT2D eigenvalue weighted by atomic mass is 35.5. The van der Waals surface area contributed by atoms with Crippen molar-refractivity contribution in [1.29, 1.82) is 0 Å². The topological polar surface area (TPSA) is 77.2 Å². The number of rotatable bonds is 4. The number of hydrogen-bond acceptors (Lipinski definition) is 4. The molecule has 1 atom stereocenters. The van der Waals surface area contributed by atoms with Crippen LogP contribution in [0.5, 0.6) is 0 Å². The molecule has 0 saturated carbocycles. The van der Waals surface area contributed by atoms with Crippen LogP contribution < -0.4 is 5.69 Å². The van der Waals surface area contributed by atoms with Crippen LogP contribution in [0.3, 0.4) is 0 Å². The lowest BCUT2D eigenvalue weighted by Crippen LogP contribution is -2.39. The molecular formula is C16H21ClN4O3S. The van der Waals surface area contributed by atoms with Gasteiger partial charge in [0.05, 0.1) is 12.8 Å². The molecule has 0 bridgehead atoms. The van der Waals surface area contributed by atoms with Crippen molar-refractivity contribution in [1.82, 2.24) is 18.7 Å². The first-order valence-electron chi connectivity index (χ1n) is 8.09. The largest absolute Gasteiger partial charge is 0.345 e. The van der Waals surface area contributed by atoms with Gasteiger partial charge in [-0.25, -0.2) is 22.2 Å². The first-order chi connectivity index (χ1) is 11.8. The SMILES string of the molecule is Cn1c(C2CCCN(S(C)(=O)=O)C2)nn(Cc2ccc(Cl)cc2)c1=O. The van der Waals surface area contributed by atoms with Gasteiger partial charge in [0.2, 0.25) is 10.0 Å². The average molecular weight is 385 g/mol. The van der Waals surface area contributed by atoms with Gasteiger partial charge in [0.1, 0.15) is 5.82 Å². The molecule has 1 fully saturated rings. The summed E-state index contributed by atoms with van der Waals surface area (Å²) in [6.07, 6.45) is 2.79. The van der Waals surface area contributed by atoms with Gasteiger partial charge in [-0.3, -0.25) is 4.57 Å². The Morgan fingerprint density at radius 3 is 2.60 bits per heavy atom. The van der Waals surface area contributed by atoms with E-state index in [0.717, 1.165) is 18.4 Å². The summed E-state index contributed by atoms with van der Waals surface area (Å²) in [6.45, 7) is 1.24. The van der Waals surface area contributed by atoms with E-state index in [-0.39, 0.29) is 11.6 Å². The Bertz CT molecular complexity index is 918. The van der Waals surface area contributed by atoms with Crippen molar-refractivity contribution in [2.24, 2.45) is 7.05 Å². The van der Waals surface area contributed by atoms with Crippen LogP contribution in [0.4, 0.5) is 0 Å². The van der Waals surface area contributed by atoms with Crippen LogP contribution in [0.2, 0.25) is 5.02 Å². The fourth-order valence-corrected chi connectivity index (χ4v) is 4.22. The minimum absolute atomic E-state index is 0.0763. The smallest absolute Gasteiger partial charge is 0.282 e. The number of benzene rings is 1. The molecule has 25 heavy (non-hydrogen) atoms. The van der Waals surface area contributed by atoms with Gasteiger partial charge in [-0.1, -0.05) is 23.7 Å². The van der Waals surface area contributed by atoms with Gasteiger partial charge in [0, 0.05) is 31.1 Å². The van der Waals surface area contributed by atoms with Gasteiger partial charge in [-0.15, -0.1) is 0 Å². The van der Waals surface area contributed by atoms with Crippen molar-refractivity contribution in [3.05, 3.63) is 51.2 Å². The molecule has 2 aromatic rings. The summed E-state index contributed by atoms with van der Waals surface area (Å²) < 4.78 is 28.0. The number of halogens is 1. The van der Waals surface area contributed by atoms with Gasteiger partial charge in [-0.2, -0.15) is 5.10 Å². The predicted molar refractivity (Wildman–Crippen MR) is 96.4 cm³/mol. The molecule has 0 N–H and O–H groups in total. The standard InChI is InChI=1S/C16H21ClN4O3S/c1-19-15(13-4-3-9-20(11-13)25(2,23)24)18-21(16(19)22)10-12-5-7-14(17)8-6-12/h5-8,13H,3-4,9-11H2,1-2H3. The third-order valence-corrected chi connectivity index (χ3v) is 6.06. The highest BCUT2D eigenvalue weighted by molar-refractivity contribution is 7.88. The summed E-state index contributed by atoms with van der Waals surface area (Å²) in [5, 5.41) is 5.12. The molecule has 0 amide bonds. The Balaban J connectivity index is 1.86. The van der Waals surface area contributed by atoms with Crippen molar-refractivity contribution < 1.29 is 8.42 Å². The Morgan fingerprint density at radius 2 is 1.96 bits per heavy atom. The number of aromatic nitrogens is 3. The maximum Gasteiger partial charge on any atom is 0.345 e. The molecule has 3 rings (SSSR count). The molecule has 7 nitrogen and oxygen atoms in total. The third kappa shape index (κ3) is 3.96. The molecule has 9 heteroatoms. The normalized spacial score (nSPS) is 19.2. The molecule has 2 heterocycles. The van der Waals surface area contributed by atoms with Crippen molar-refractivity contribution in [2.75, 3.05) is 19.3 Å². The number of nitrogens with zero attached hydrogens (tertiary/aromatic N) is 4. The maximum absolute atomic E-state index is 12.5. The molecule has 1 aromatic heterocycles. The number of hydrogen-bond donors (Lipinski definition) is 0. The van der Waals surface area contributed by atoms with Crippen molar-refractivity contribution >= 4 is 21.6 Å². The molecule has 1 saturated heterocycles. The fourth-order valence-electron chi connectivity index (χ4n) is 3.18. The average Bonchev–Trinajstić information content (AvgIpc) is 2.85. The zero-order valence-electron chi connectivity index (χ0n) is 14.2. The van der Waals surface area contributed by atoms with Gasteiger partial charge in [0.15, 0.2) is 0 Å². The summed E-state index contributed by atoms with van der Waals surface area (Å²) in [7, 11) is -1.55. The van der Waals surface area contributed by atoms with E-state index in [0.29, 0.717) is 30.5 Å². The van der Waals surface area contributed by atoms with Gasteiger partial charge in [-0.05, 0) is 30.5 Å². The van der Waals surface area contributed by atoms with Gasteiger partial charge >= 0.3 is 5.69 Å². The minimum Gasteiger partial charge on any atom is -0.282 e. The van der Waals surface area contributed by atoms with E-state index in [1.54, 1.807) is 19.2 Å². The first kappa shape index (κ1) is 18.2. The fraction of sp³-hybridized carbons (Fsp3) is 0.500. The lowest BCUT2D eigenvalue weighted by Gasteiger charge is -2.30. The summed E-state index contributed by atoms with van der Waals surface area (Å²) >= 11 is 5.89. The molecule has 1 aromatic carbocycles. The molecule has 1 unspecified atom stereocenters. The van der Waals surface area contributed by atoms with Crippen LogP contribution >= 0.6 is 11.6 Å². The van der Waals surface area contributed by atoms with Crippen LogP contribution in [0.1, 0.15) is 30.1 Å². The Hall–Kier alpha value is -1.64. The monoisotopic (exact) mass is 384 g/mol. The molecular weight excluding hydrogens is 364 g/mol. The number of sulfonamides is 1. The summed E-state index contributed by atoms with van der Waals surface area (Å²) in [4.78, 5) is 12.5. The lowest BCUT2D eigenvalue weighted by atomic mass is 9.99. The molecule has 0 aliphatic carbocycles. The van der Waals surface area contributed by atoms with Crippen LogP contribution in [0.15, 0.2) is 29.1 Å².